The Labute approximate surface area is 225 Å². The normalized spacial score (nSPS) is 20.2. The number of fused-ring (bicyclic) bond motifs is 2. The molecule has 1 saturated carbocycles. The van der Waals surface area contributed by atoms with Crippen LogP contribution in [0.2, 0.25) is 0 Å². The molecule has 1 spiro atoms. The Balaban J connectivity index is 1.36. The molecule has 1 saturated heterocycles. The zero-order valence-electron chi connectivity index (χ0n) is 22.0. The topological polar surface area (TPSA) is 124 Å². The van der Waals surface area contributed by atoms with Crippen molar-refractivity contribution in [3.63, 3.8) is 0 Å². The molecule has 39 heavy (non-hydrogen) atoms. The van der Waals surface area contributed by atoms with Crippen molar-refractivity contribution < 1.29 is 19.1 Å². The van der Waals surface area contributed by atoms with Gasteiger partial charge in [0.2, 0.25) is 5.82 Å². The van der Waals surface area contributed by atoms with Crippen molar-refractivity contribution >= 4 is 22.5 Å². The number of nitrogens with zero attached hydrogens (tertiary/aromatic N) is 4. The molecule has 3 aliphatic rings. The first-order chi connectivity index (χ1) is 19.0. The molecule has 0 unspecified atom stereocenters. The number of ketones is 2. The van der Waals surface area contributed by atoms with E-state index in [0.717, 1.165) is 29.3 Å². The molecule has 0 radical (unpaired) electrons. The summed E-state index contributed by atoms with van der Waals surface area (Å²) in [7, 11) is 0. The number of hydrogen-bond acceptors (Lipinski definition) is 8. The lowest BCUT2D eigenvalue weighted by molar-refractivity contribution is -0.0138. The van der Waals surface area contributed by atoms with Crippen molar-refractivity contribution in [1.29, 1.82) is 0 Å². The lowest BCUT2D eigenvalue weighted by Crippen LogP contribution is -2.58. The third-order valence-corrected chi connectivity index (χ3v) is 8.27. The Bertz CT molecular complexity index is 1600. The van der Waals surface area contributed by atoms with Crippen LogP contribution in [0.1, 0.15) is 64.9 Å². The van der Waals surface area contributed by atoms with Crippen LogP contribution >= 0.6 is 0 Å². The summed E-state index contributed by atoms with van der Waals surface area (Å²) in [5.74, 6) is 0.0889. The van der Waals surface area contributed by atoms with Gasteiger partial charge in [-0.2, -0.15) is 5.21 Å². The molecule has 10 heteroatoms. The largest absolute Gasteiger partial charge is 0.493 e. The Kier molecular flexibility index (Phi) is 5.55. The average Bonchev–Trinajstić information content (AvgIpc) is 3.52. The lowest BCUT2D eigenvalue weighted by atomic mass is 9.70. The minimum absolute atomic E-state index is 0.235. The SMILES string of the molecule is CCOc1cc(C(=O)[C@@H]2C(=O)c3cc(-c4nn[nH]n4)ccc3OC23CCNCC3)cc2c1c(C)cn2C1CC1. The average molecular weight is 527 g/mol. The molecular weight excluding hydrogens is 496 g/mol. The fraction of sp³-hybridized carbons (Fsp3) is 0.414. The number of aromatic amines is 1. The van der Waals surface area contributed by atoms with Gasteiger partial charge in [-0.15, -0.1) is 10.2 Å². The van der Waals surface area contributed by atoms with Crippen LogP contribution in [0.25, 0.3) is 22.3 Å². The minimum Gasteiger partial charge on any atom is -0.493 e. The van der Waals surface area contributed by atoms with Crippen LogP contribution in [0.5, 0.6) is 11.5 Å². The molecule has 7 rings (SSSR count). The predicted molar refractivity (Wildman–Crippen MR) is 143 cm³/mol. The number of ether oxygens (including phenoxy) is 2. The molecule has 200 valence electrons. The van der Waals surface area contributed by atoms with Gasteiger partial charge in [0.15, 0.2) is 11.6 Å². The molecule has 2 aromatic carbocycles. The number of H-pyrrole nitrogens is 1. The summed E-state index contributed by atoms with van der Waals surface area (Å²) < 4.78 is 14.9. The van der Waals surface area contributed by atoms with E-state index < -0.39 is 11.5 Å². The van der Waals surface area contributed by atoms with Crippen molar-refractivity contribution in [2.24, 2.45) is 5.92 Å². The Hall–Kier alpha value is -4.05. The molecule has 4 heterocycles. The lowest BCUT2D eigenvalue weighted by Gasteiger charge is -2.45. The van der Waals surface area contributed by atoms with Crippen LogP contribution in [0, 0.1) is 12.8 Å². The fourth-order valence-electron chi connectivity index (χ4n) is 6.28. The summed E-state index contributed by atoms with van der Waals surface area (Å²) >= 11 is 0. The highest BCUT2D eigenvalue weighted by molar-refractivity contribution is 6.19. The quantitative estimate of drug-likeness (QED) is 0.285. The maximum atomic E-state index is 14.5. The highest BCUT2D eigenvalue weighted by Crippen LogP contribution is 2.46. The van der Waals surface area contributed by atoms with Crippen molar-refractivity contribution in [2.45, 2.75) is 51.2 Å². The summed E-state index contributed by atoms with van der Waals surface area (Å²) in [5, 5.41) is 18.5. The zero-order chi connectivity index (χ0) is 26.7. The highest BCUT2D eigenvalue weighted by atomic mass is 16.5. The Morgan fingerprint density at radius 2 is 2.03 bits per heavy atom. The first kappa shape index (κ1) is 24.0. The minimum atomic E-state index is -0.982. The zero-order valence-corrected chi connectivity index (χ0v) is 22.0. The van der Waals surface area contributed by atoms with Crippen molar-refractivity contribution in [3.05, 3.63) is 53.2 Å². The van der Waals surface area contributed by atoms with E-state index in [1.54, 1.807) is 12.1 Å². The highest BCUT2D eigenvalue weighted by Gasteiger charge is 2.54. The predicted octanol–water partition coefficient (Wildman–Crippen LogP) is 4.06. The van der Waals surface area contributed by atoms with Crippen LogP contribution in [-0.2, 0) is 0 Å². The Morgan fingerprint density at radius 3 is 2.74 bits per heavy atom. The number of rotatable bonds is 6. The maximum Gasteiger partial charge on any atom is 0.204 e. The molecule has 1 atom stereocenters. The van der Waals surface area contributed by atoms with E-state index >= 15 is 0 Å². The fourth-order valence-corrected chi connectivity index (χ4v) is 6.28. The second-order valence-corrected chi connectivity index (χ2v) is 10.8. The summed E-state index contributed by atoms with van der Waals surface area (Å²) in [4.78, 5) is 28.8. The van der Waals surface area contributed by atoms with E-state index in [1.807, 2.05) is 25.1 Å². The standard InChI is InChI=1S/C29H30N6O4/c1-3-38-23-14-18(13-21-24(23)16(2)15-35(21)19-5-6-19)26(36)25-27(37)20-12-17(28-31-33-34-32-28)4-7-22(20)39-29(25)8-10-30-11-9-29/h4,7,12-15,19,25,30H,3,5-6,8-11H2,1-2H3,(H,31,32,33,34)/t25-/m1/s1. The molecule has 10 nitrogen and oxygen atoms in total. The first-order valence-electron chi connectivity index (χ1n) is 13.6. The van der Waals surface area contributed by atoms with Gasteiger partial charge in [0.05, 0.1) is 17.7 Å². The number of piperidine rings is 1. The van der Waals surface area contributed by atoms with Crippen molar-refractivity contribution in [2.75, 3.05) is 19.7 Å². The van der Waals surface area contributed by atoms with Crippen LogP contribution in [-0.4, -0.2) is 62.1 Å². The molecule has 2 fully saturated rings. The van der Waals surface area contributed by atoms with Crippen molar-refractivity contribution in [3.8, 4) is 22.9 Å². The van der Waals surface area contributed by atoms with Gasteiger partial charge in [-0.05, 0) is 80.9 Å². The number of tetrazole rings is 1. The number of aryl methyl sites for hydroxylation is 1. The number of carbonyl (C=O) groups excluding carboxylic acids is 2. The van der Waals surface area contributed by atoms with E-state index in [-0.39, 0.29) is 11.6 Å². The summed E-state index contributed by atoms with van der Waals surface area (Å²) in [6, 6.07) is 9.47. The molecule has 2 aliphatic heterocycles. The van der Waals surface area contributed by atoms with Crippen LogP contribution in [0.4, 0.5) is 0 Å². The molecule has 4 aromatic rings. The number of hydrogen-bond donors (Lipinski definition) is 2. The number of aromatic nitrogens is 5. The number of Topliss-reactive ketones (excluding diaryl/α,β-unsaturated/α-hetero) is 2. The molecule has 2 aromatic heterocycles. The Morgan fingerprint density at radius 1 is 1.21 bits per heavy atom. The third-order valence-electron chi connectivity index (χ3n) is 8.27. The smallest absolute Gasteiger partial charge is 0.204 e. The molecule has 1 aliphatic carbocycles. The van der Waals surface area contributed by atoms with Gasteiger partial charge in [0, 0.05) is 41.6 Å². The van der Waals surface area contributed by atoms with E-state index in [2.05, 4.69) is 43.6 Å². The van der Waals surface area contributed by atoms with Crippen LogP contribution in [0.15, 0.2) is 36.5 Å². The maximum absolute atomic E-state index is 14.5. The van der Waals surface area contributed by atoms with Gasteiger partial charge in [-0.25, -0.2) is 0 Å². The van der Waals surface area contributed by atoms with E-state index in [4.69, 9.17) is 9.47 Å². The molecule has 0 bridgehead atoms. The van der Waals surface area contributed by atoms with Crippen LogP contribution < -0.4 is 14.8 Å². The second kappa shape index (κ2) is 9.01. The molecule has 2 N–H and O–H groups in total. The van der Waals surface area contributed by atoms with E-state index in [1.165, 1.54) is 0 Å². The van der Waals surface area contributed by atoms with Gasteiger partial charge in [0.25, 0.3) is 0 Å². The number of nitrogens with one attached hydrogen (secondary N) is 2. The van der Waals surface area contributed by atoms with Gasteiger partial charge in [-0.1, -0.05) is 0 Å². The van der Waals surface area contributed by atoms with Gasteiger partial charge in [0.1, 0.15) is 23.0 Å². The third kappa shape index (κ3) is 3.84. The second-order valence-electron chi connectivity index (χ2n) is 10.8. The van der Waals surface area contributed by atoms with Crippen LogP contribution in [0.3, 0.4) is 0 Å². The number of benzene rings is 2. The molecular formula is C29H30N6O4. The molecule has 0 amide bonds. The van der Waals surface area contributed by atoms with Crippen molar-refractivity contribution in [1.82, 2.24) is 30.5 Å². The monoisotopic (exact) mass is 526 g/mol. The van der Waals surface area contributed by atoms with Gasteiger partial charge >= 0.3 is 0 Å². The van der Waals surface area contributed by atoms with Gasteiger partial charge in [-0.3, -0.25) is 9.59 Å². The van der Waals surface area contributed by atoms with Gasteiger partial charge < -0.3 is 19.4 Å². The number of carbonyl (C=O) groups is 2. The van der Waals surface area contributed by atoms with E-state index in [0.29, 0.717) is 72.6 Å². The summed E-state index contributed by atoms with van der Waals surface area (Å²) in [6.45, 7) is 5.83. The summed E-state index contributed by atoms with van der Waals surface area (Å²) in [6.07, 6.45) is 5.50. The first-order valence-corrected chi connectivity index (χ1v) is 13.6. The summed E-state index contributed by atoms with van der Waals surface area (Å²) in [5.41, 5.74) is 2.65. The van der Waals surface area contributed by atoms with E-state index in [9.17, 15) is 9.59 Å².